The van der Waals surface area contributed by atoms with Gasteiger partial charge < -0.3 is 19.7 Å². The molecule has 2 aromatic carbocycles. The molecule has 8 heterocycles. The minimum Gasteiger partial charge on any atom is -0.493 e. The van der Waals surface area contributed by atoms with Gasteiger partial charge in [-0.25, -0.2) is 18.7 Å². The zero-order valence-corrected chi connectivity index (χ0v) is 33.1. The molecular weight excluding hydrogens is 755 g/mol. The fraction of sp³-hybridized carbons (Fsp3) is 0.386. The molecule has 4 aliphatic heterocycles. The summed E-state index contributed by atoms with van der Waals surface area (Å²) in [6.07, 6.45) is 18.8. The van der Waals surface area contributed by atoms with Gasteiger partial charge in [0.15, 0.2) is 11.3 Å². The minimum atomic E-state index is -0.195. The topological polar surface area (TPSA) is 137 Å². The second-order valence-electron chi connectivity index (χ2n) is 15.2. The Morgan fingerprint density at radius 1 is 0.695 bits per heavy atom. The van der Waals surface area contributed by atoms with Gasteiger partial charge in [-0.05, 0) is 98.2 Å². The molecule has 4 aromatic heterocycles. The molecule has 0 fully saturated rings. The summed E-state index contributed by atoms with van der Waals surface area (Å²) < 4.78 is 43.9. The monoisotopic (exact) mass is 800 g/mol. The van der Waals surface area contributed by atoms with Gasteiger partial charge in [-0.1, -0.05) is 12.2 Å². The van der Waals surface area contributed by atoms with Crippen LogP contribution >= 0.6 is 0 Å². The number of fused-ring (bicyclic) bond motifs is 4. The van der Waals surface area contributed by atoms with Gasteiger partial charge in [0, 0.05) is 80.3 Å². The highest BCUT2D eigenvalue weighted by atomic mass is 19.1. The predicted octanol–water partition coefficient (Wildman–Crippen LogP) is 5.76. The maximum Gasteiger partial charge on any atom is 0.219 e. The first-order valence-electron chi connectivity index (χ1n) is 20.5. The third-order valence-corrected chi connectivity index (χ3v) is 11.8. The number of aryl methyl sites for hydroxylation is 2. The molecule has 0 bridgehead atoms. The van der Waals surface area contributed by atoms with Crippen LogP contribution in [-0.2, 0) is 43.3 Å². The van der Waals surface area contributed by atoms with Gasteiger partial charge >= 0.3 is 0 Å². The van der Waals surface area contributed by atoms with Crippen LogP contribution in [0.4, 0.5) is 8.78 Å². The number of benzene rings is 2. The number of nitrogens with one attached hydrogen (secondary N) is 1. The van der Waals surface area contributed by atoms with E-state index in [9.17, 15) is 13.6 Å². The molecule has 0 saturated carbocycles. The summed E-state index contributed by atoms with van der Waals surface area (Å²) in [4.78, 5) is 23.0. The Bertz CT molecular complexity index is 2600. The van der Waals surface area contributed by atoms with Crippen LogP contribution in [0.15, 0.2) is 61.5 Å². The number of nitrogens with zero attached hydrogens (tertiary/aromatic N) is 9. The lowest BCUT2D eigenvalue weighted by Crippen LogP contribution is -2.29. The SMILES string of the molecule is CC(=O)N1CCC=C(c2cnc(CCc3c(F)ccc4c3CCO4)n3cnnc23)CC1.Fc1ccc2c(c1CCc1ncc(C3=CCCNCC3)c3nncn13)CCO2. The molecule has 0 aliphatic carbocycles. The number of aromatic nitrogens is 8. The van der Waals surface area contributed by atoms with Crippen LogP contribution < -0.4 is 14.8 Å². The average molecular weight is 801 g/mol. The second-order valence-corrected chi connectivity index (χ2v) is 15.2. The highest BCUT2D eigenvalue weighted by molar-refractivity contribution is 5.78. The Balaban J connectivity index is 0.000000153. The van der Waals surface area contributed by atoms with E-state index in [0.29, 0.717) is 51.0 Å². The predicted molar refractivity (Wildman–Crippen MR) is 217 cm³/mol. The van der Waals surface area contributed by atoms with E-state index < -0.39 is 0 Å². The fourth-order valence-corrected chi connectivity index (χ4v) is 8.67. The maximum atomic E-state index is 14.5. The van der Waals surface area contributed by atoms with Crippen LogP contribution in [0.3, 0.4) is 0 Å². The van der Waals surface area contributed by atoms with Crippen molar-refractivity contribution in [3.05, 3.63) is 118 Å². The van der Waals surface area contributed by atoms with E-state index >= 15 is 0 Å². The molecule has 13 nitrogen and oxygen atoms in total. The largest absolute Gasteiger partial charge is 0.493 e. The average Bonchev–Trinajstić information content (AvgIpc) is 4.06. The first-order valence-corrected chi connectivity index (χ1v) is 20.5. The fourth-order valence-electron chi connectivity index (χ4n) is 8.67. The van der Waals surface area contributed by atoms with Crippen LogP contribution in [0.5, 0.6) is 11.5 Å². The molecular formula is C44H46F2N10O3. The van der Waals surface area contributed by atoms with Gasteiger partial charge in [-0.15, -0.1) is 20.4 Å². The first kappa shape index (κ1) is 38.4. The van der Waals surface area contributed by atoms with Crippen molar-refractivity contribution in [2.24, 2.45) is 0 Å². The quantitative estimate of drug-likeness (QED) is 0.203. The Kier molecular flexibility index (Phi) is 11.1. The number of carbonyl (C=O) groups is 1. The second kappa shape index (κ2) is 17.0. The van der Waals surface area contributed by atoms with Crippen LogP contribution in [0, 0.1) is 11.6 Å². The van der Waals surface area contributed by atoms with Gasteiger partial charge in [0.2, 0.25) is 5.91 Å². The molecule has 1 N–H and O–H groups in total. The summed E-state index contributed by atoms with van der Waals surface area (Å²) in [5.74, 6) is 2.96. The molecule has 10 rings (SSSR count). The molecule has 15 heteroatoms. The lowest BCUT2D eigenvalue weighted by Gasteiger charge is -2.18. The number of rotatable bonds is 8. The van der Waals surface area contributed by atoms with Gasteiger partial charge in [0.1, 0.15) is 47.4 Å². The molecule has 0 saturated heterocycles. The third kappa shape index (κ3) is 7.90. The summed E-state index contributed by atoms with van der Waals surface area (Å²) in [5.41, 5.74) is 9.32. The molecule has 0 atom stereocenters. The normalized spacial score (nSPS) is 16.3. The number of carbonyl (C=O) groups excluding carboxylic acids is 1. The Morgan fingerprint density at radius 3 is 1.83 bits per heavy atom. The van der Waals surface area contributed by atoms with E-state index in [-0.39, 0.29) is 17.5 Å². The number of amides is 1. The van der Waals surface area contributed by atoms with Crippen molar-refractivity contribution in [1.29, 1.82) is 0 Å². The molecule has 59 heavy (non-hydrogen) atoms. The number of ether oxygens (including phenoxy) is 2. The van der Waals surface area contributed by atoms with Crippen molar-refractivity contribution >= 4 is 28.3 Å². The van der Waals surface area contributed by atoms with Crippen molar-refractivity contribution in [1.82, 2.24) is 49.4 Å². The summed E-state index contributed by atoms with van der Waals surface area (Å²) in [6, 6.07) is 6.41. The van der Waals surface area contributed by atoms with Crippen LogP contribution in [0.1, 0.15) is 77.6 Å². The van der Waals surface area contributed by atoms with Crippen molar-refractivity contribution in [2.75, 3.05) is 39.4 Å². The molecule has 4 aliphatic rings. The van der Waals surface area contributed by atoms with Crippen LogP contribution in [0.2, 0.25) is 0 Å². The molecule has 6 aromatic rings. The minimum absolute atomic E-state index is 0.0979. The van der Waals surface area contributed by atoms with Gasteiger partial charge in [0.05, 0.1) is 13.2 Å². The highest BCUT2D eigenvalue weighted by Crippen LogP contribution is 2.33. The van der Waals surface area contributed by atoms with Crippen LogP contribution in [-0.4, -0.2) is 89.4 Å². The third-order valence-electron chi connectivity index (χ3n) is 11.8. The molecule has 0 radical (unpaired) electrons. The van der Waals surface area contributed by atoms with Gasteiger partial charge in [-0.2, -0.15) is 0 Å². The van der Waals surface area contributed by atoms with E-state index in [1.807, 2.05) is 26.1 Å². The number of hydrogen-bond donors (Lipinski definition) is 1. The Hall–Kier alpha value is -6.09. The van der Waals surface area contributed by atoms with Crippen molar-refractivity contribution in [2.45, 2.75) is 71.1 Å². The summed E-state index contributed by atoms with van der Waals surface area (Å²) >= 11 is 0. The van der Waals surface area contributed by atoms with E-state index in [4.69, 9.17) is 14.5 Å². The first-order chi connectivity index (χ1) is 28.9. The standard InChI is InChI=1S/C23H24FN5O2.C21H22FN5O/c1-15(30)28-10-2-3-16(8-11-28)19-13-25-22(29-14-26-27-23(19)29)7-4-17-18-9-12-31-21(18)6-5-20(17)24;22-18-4-5-19-16(8-11-28-19)15(18)3-6-20-24-12-17(21-26-25-13-27(20)21)14-2-1-9-23-10-7-14/h3,5-6,13-14H,2,4,7-12H2,1H3;2,4-5,12-13,23H,1,3,6-11H2. The summed E-state index contributed by atoms with van der Waals surface area (Å²) in [7, 11) is 0. The van der Waals surface area contributed by atoms with Crippen LogP contribution in [0.25, 0.3) is 22.4 Å². The summed E-state index contributed by atoms with van der Waals surface area (Å²) in [6.45, 7) is 6.19. The molecule has 304 valence electrons. The molecule has 1 amide bonds. The lowest BCUT2D eigenvalue weighted by molar-refractivity contribution is -0.128. The summed E-state index contributed by atoms with van der Waals surface area (Å²) in [5, 5.41) is 20.3. The molecule has 0 unspecified atom stereocenters. The maximum absolute atomic E-state index is 14.5. The van der Waals surface area contributed by atoms with E-state index in [0.717, 1.165) is 126 Å². The van der Waals surface area contributed by atoms with Crippen molar-refractivity contribution in [3.8, 4) is 11.5 Å². The molecule has 0 spiro atoms. The Morgan fingerprint density at radius 2 is 1.25 bits per heavy atom. The van der Waals surface area contributed by atoms with E-state index in [1.165, 1.54) is 17.7 Å². The zero-order valence-electron chi connectivity index (χ0n) is 33.1. The number of halogens is 2. The van der Waals surface area contributed by atoms with E-state index in [2.05, 4.69) is 42.8 Å². The lowest BCUT2D eigenvalue weighted by atomic mass is 9.99. The Labute approximate surface area is 340 Å². The number of hydrogen-bond acceptors (Lipinski definition) is 10. The highest BCUT2D eigenvalue weighted by Gasteiger charge is 2.23. The van der Waals surface area contributed by atoms with Gasteiger partial charge in [-0.3, -0.25) is 13.6 Å². The van der Waals surface area contributed by atoms with Crippen molar-refractivity contribution in [3.63, 3.8) is 0 Å². The smallest absolute Gasteiger partial charge is 0.219 e. The van der Waals surface area contributed by atoms with Crippen molar-refractivity contribution < 1.29 is 23.0 Å². The van der Waals surface area contributed by atoms with E-state index in [1.54, 1.807) is 31.7 Å². The zero-order chi connectivity index (χ0) is 40.3. The van der Waals surface area contributed by atoms with Gasteiger partial charge in [0.25, 0.3) is 0 Å².